The maximum atomic E-state index is 12.6. The number of nitrogens with one attached hydrogen (secondary N) is 2. The number of nitrogens with zero attached hydrogens (tertiary/aromatic N) is 2. The average molecular weight is 396 g/mol. The van der Waals surface area contributed by atoms with E-state index < -0.39 is 6.03 Å². The third-order valence-corrected chi connectivity index (χ3v) is 5.33. The Morgan fingerprint density at radius 1 is 1.03 bits per heavy atom. The number of hydrogen-bond acceptors (Lipinski definition) is 4. The van der Waals surface area contributed by atoms with E-state index in [0.717, 1.165) is 49.5 Å². The fourth-order valence-electron chi connectivity index (χ4n) is 3.46. The quantitative estimate of drug-likeness (QED) is 0.701. The second kappa shape index (κ2) is 9.43. The Labute approximate surface area is 171 Å². The van der Waals surface area contributed by atoms with Crippen molar-refractivity contribution in [2.75, 3.05) is 42.9 Å². The van der Waals surface area contributed by atoms with Crippen LogP contribution in [0.15, 0.2) is 42.5 Å². The van der Waals surface area contributed by atoms with Crippen LogP contribution in [0, 0.1) is 6.92 Å². The van der Waals surface area contributed by atoms with E-state index in [9.17, 15) is 9.59 Å². The lowest BCUT2D eigenvalue weighted by atomic mass is 10.1. The van der Waals surface area contributed by atoms with Crippen molar-refractivity contribution in [1.29, 1.82) is 0 Å². The topological polar surface area (TPSA) is 90.7 Å². The summed E-state index contributed by atoms with van der Waals surface area (Å²) in [5, 5.41) is 5.51. The molecule has 0 aromatic heterocycles. The summed E-state index contributed by atoms with van der Waals surface area (Å²) in [6.45, 7) is 9.86. The lowest BCUT2D eigenvalue weighted by molar-refractivity contribution is 0.102. The van der Waals surface area contributed by atoms with Gasteiger partial charge < -0.3 is 26.2 Å². The molecule has 1 aliphatic rings. The number of likely N-dealkylation sites (N-methyl/N-ethyl adjacent to an activating group) is 1. The van der Waals surface area contributed by atoms with Crippen molar-refractivity contribution in [2.45, 2.75) is 20.4 Å². The van der Waals surface area contributed by atoms with Crippen LogP contribution in [0.3, 0.4) is 0 Å². The van der Waals surface area contributed by atoms with Crippen LogP contribution in [0.4, 0.5) is 16.2 Å². The van der Waals surface area contributed by atoms with Crippen LogP contribution < -0.4 is 21.3 Å². The van der Waals surface area contributed by atoms with E-state index in [0.29, 0.717) is 12.1 Å². The molecule has 2 aromatic rings. The molecule has 1 fully saturated rings. The molecule has 1 saturated heterocycles. The van der Waals surface area contributed by atoms with Crippen molar-refractivity contribution >= 4 is 23.3 Å². The van der Waals surface area contributed by atoms with Gasteiger partial charge in [-0.25, -0.2) is 4.79 Å². The maximum absolute atomic E-state index is 12.6. The molecule has 0 saturated carbocycles. The zero-order valence-electron chi connectivity index (χ0n) is 17.1. The van der Waals surface area contributed by atoms with Crippen LogP contribution in [-0.4, -0.2) is 49.6 Å². The Kier molecular flexibility index (Phi) is 6.72. The van der Waals surface area contributed by atoms with Gasteiger partial charge in [0.2, 0.25) is 0 Å². The van der Waals surface area contributed by atoms with Gasteiger partial charge in [-0.05, 0) is 54.9 Å². The van der Waals surface area contributed by atoms with Crippen molar-refractivity contribution in [3.05, 3.63) is 59.2 Å². The van der Waals surface area contributed by atoms with Gasteiger partial charge in [0.05, 0.1) is 0 Å². The SMILES string of the molecule is CCN1CCN(c2ccc(NC(=O)c3ccc(CNC(N)=O)cc3)c(C)c2)CC1. The molecule has 7 nitrogen and oxygen atoms in total. The maximum Gasteiger partial charge on any atom is 0.312 e. The number of amides is 3. The van der Waals surface area contributed by atoms with Gasteiger partial charge in [-0.15, -0.1) is 0 Å². The van der Waals surface area contributed by atoms with Crippen molar-refractivity contribution < 1.29 is 9.59 Å². The summed E-state index contributed by atoms with van der Waals surface area (Å²) < 4.78 is 0. The summed E-state index contributed by atoms with van der Waals surface area (Å²) in [5.41, 5.74) is 9.56. The van der Waals surface area contributed by atoms with E-state index in [1.165, 1.54) is 5.69 Å². The van der Waals surface area contributed by atoms with Crippen LogP contribution in [0.25, 0.3) is 0 Å². The summed E-state index contributed by atoms with van der Waals surface area (Å²) in [6, 6.07) is 12.7. The highest BCUT2D eigenvalue weighted by Crippen LogP contribution is 2.24. The predicted molar refractivity (Wildman–Crippen MR) is 116 cm³/mol. The van der Waals surface area contributed by atoms with E-state index >= 15 is 0 Å². The molecule has 0 unspecified atom stereocenters. The van der Waals surface area contributed by atoms with Gasteiger partial charge in [0.15, 0.2) is 0 Å². The third-order valence-electron chi connectivity index (χ3n) is 5.33. The summed E-state index contributed by atoms with van der Waals surface area (Å²) in [4.78, 5) is 28.2. The number of anilines is 2. The minimum absolute atomic E-state index is 0.160. The first-order valence-electron chi connectivity index (χ1n) is 9.98. The summed E-state index contributed by atoms with van der Waals surface area (Å²) in [5.74, 6) is -0.160. The van der Waals surface area contributed by atoms with Crippen LogP contribution in [0.2, 0.25) is 0 Å². The van der Waals surface area contributed by atoms with Crippen LogP contribution >= 0.6 is 0 Å². The second-order valence-electron chi connectivity index (χ2n) is 7.29. The normalized spacial score (nSPS) is 14.5. The molecule has 1 heterocycles. The molecule has 3 amide bonds. The molecular formula is C22H29N5O2. The first kappa shape index (κ1) is 20.7. The van der Waals surface area contributed by atoms with Gasteiger partial charge in [0, 0.05) is 49.7 Å². The van der Waals surface area contributed by atoms with Gasteiger partial charge >= 0.3 is 6.03 Å². The van der Waals surface area contributed by atoms with Crippen LogP contribution in [0.1, 0.15) is 28.4 Å². The molecule has 4 N–H and O–H groups in total. The Morgan fingerprint density at radius 3 is 2.31 bits per heavy atom. The Bertz CT molecular complexity index is 858. The Hall–Kier alpha value is -3.06. The van der Waals surface area contributed by atoms with Crippen molar-refractivity contribution in [3.63, 3.8) is 0 Å². The lowest BCUT2D eigenvalue weighted by Gasteiger charge is -2.35. The molecule has 154 valence electrons. The minimum atomic E-state index is -0.571. The molecule has 0 atom stereocenters. The Morgan fingerprint density at radius 2 is 1.72 bits per heavy atom. The van der Waals surface area contributed by atoms with Gasteiger partial charge in [-0.2, -0.15) is 0 Å². The van der Waals surface area contributed by atoms with Gasteiger partial charge in [0.1, 0.15) is 0 Å². The number of benzene rings is 2. The number of aryl methyl sites for hydroxylation is 1. The number of carbonyl (C=O) groups is 2. The number of piperazine rings is 1. The summed E-state index contributed by atoms with van der Waals surface area (Å²) in [6.07, 6.45) is 0. The highest BCUT2D eigenvalue weighted by Gasteiger charge is 2.16. The molecule has 0 radical (unpaired) electrons. The fraction of sp³-hybridized carbons (Fsp3) is 0.364. The molecule has 2 aromatic carbocycles. The number of urea groups is 1. The van der Waals surface area contributed by atoms with Crippen molar-refractivity contribution in [1.82, 2.24) is 10.2 Å². The highest BCUT2D eigenvalue weighted by atomic mass is 16.2. The third kappa shape index (κ3) is 5.48. The van der Waals surface area contributed by atoms with Crippen LogP contribution in [-0.2, 0) is 6.54 Å². The zero-order valence-corrected chi connectivity index (χ0v) is 17.1. The van der Waals surface area contributed by atoms with E-state index in [4.69, 9.17) is 5.73 Å². The van der Waals surface area contributed by atoms with Crippen LogP contribution in [0.5, 0.6) is 0 Å². The van der Waals surface area contributed by atoms with E-state index in [1.807, 2.05) is 13.0 Å². The number of primary amides is 1. The molecule has 1 aliphatic heterocycles. The summed E-state index contributed by atoms with van der Waals surface area (Å²) >= 11 is 0. The predicted octanol–water partition coefficient (Wildman–Crippen LogP) is 2.56. The first-order chi connectivity index (χ1) is 14.0. The molecule has 29 heavy (non-hydrogen) atoms. The van der Waals surface area contributed by atoms with Gasteiger partial charge in [0.25, 0.3) is 5.91 Å². The summed E-state index contributed by atoms with van der Waals surface area (Å²) in [7, 11) is 0. The zero-order chi connectivity index (χ0) is 20.8. The number of nitrogens with two attached hydrogens (primary N) is 1. The monoisotopic (exact) mass is 395 g/mol. The van der Waals surface area contributed by atoms with E-state index in [-0.39, 0.29) is 5.91 Å². The highest BCUT2D eigenvalue weighted by molar-refractivity contribution is 6.04. The smallest absolute Gasteiger partial charge is 0.312 e. The Balaban J connectivity index is 1.61. The van der Waals surface area contributed by atoms with E-state index in [1.54, 1.807) is 24.3 Å². The molecule has 0 bridgehead atoms. The molecular weight excluding hydrogens is 366 g/mol. The average Bonchev–Trinajstić information content (AvgIpc) is 2.74. The molecule has 3 rings (SSSR count). The molecule has 0 aliphatic carbocycles. The number of hydrogen-bond donors (Lipinski definition) is 3. The number of rotatable bonds is 6. The lowest BCUT2D eigenvalue weighted by Crippen LogP contribution is -2.46. The largest absolute Gasteiger partial charge is 0.369 e. The van der Waals surface area contributed by atoms with E-state index in [2.05, 4.69) is 39.5 Å². The van der Waals surface area contributed by atoms with Gasteiger partial charge in [-0.3, -0.25) is 4.79 Å². The van der Waals surface area contributed by atoms with Crippen molar-refractivity contribution in [2.24, 2.45) is 5.73 Å². The number of carbonyl (C=O) groups excluding carboxylic acids is 2. The minimum Gasteiger partial charge on any atom is -0.369 e. The molecule has 0 spiro atoms. The van der Waals surface area contributed by atoms with Gasteiger partial charge in [-0.1, -0.05) is 19.1 Å². The van der Waals surface area contributed by atoms with Crippen molar-refractivity contribution in [3.8, 4) is 0 Å². The fourth-order valence-corrected chi connectivity index (χ4v) is 3.46. The second-order valence-corrected chi connectivity index (χ2v) is 7.29. The molecule has 7 heteroatoms. The first-order valence-corrected chi connectivity index (χ1v) is 9.98. The standard InChI is InChI=1S/C22H29N5O2/c1-3-26-10-12-27(13-11-26)19-8-9-20(16(2)14-19)25-21(28)18-6-4-17(5-7-18)15-24-22(23)29/h4-9,14H,3,10-13,15H2,1-2H3,(H,25,28)(H3,23,24,29).